The van der Waals surface area contributed by atoms with Crippen molar-refractivity contribution in [1.82, 2.24) is 9.80 Å². The van der Waals surface area contributed by atoms with Crippen LogP contribution in [0, 0.1) is 5.92 Å². The Bertz CT molecular complexity index is 666. The molecule has 0 bridgehead atoms. The Labute approximate surface area is 199 Å². The maximum atomic E-state index is 14.0. The van der Waals surface area contributed by atoms with Gasteiger partial charge in [-0.3, -0.25) is 9.69 Å². The van der Waals surface area contributed by atoms with Crippen LogP contribution >= 0.6 is 0 Å². The first kappa shape index (κ1) is 26.4. The summed E-state index contributed by atoms with van der Waals surface area (Å²) in [6.07, 6.45) is 4.77. The van der Waals surface area contributed by atoms with Crippen molar-refractivity contribution < 1.29 is 28.5 Å². The number of hydrogen-bond acceptors (Lipinski definition) is 8. The molecule has 0 aromatic carbocycles. The highest BCUT2D eigenvalue weighted by Crippen LogP contribution is 2.38. The van der Waals surface area contributed by atoms with E-state index in [1.165, 1.54) is 0 Å². The molecule has 0 radical (unpaired) electrons. The highest BCUT2D eigenvalue weighted by atomic mass is 16.6. The van der Waals surface area contributed by atoms with Gasteiger partial charge in [-0.05, 0) is 80.1 Å². The molecule has 8 nitrogen and oxygen atoms in total. The van der Waals surface area contributed by atoms with E-state index in [1.54, 1.807) is 0 Å². The first-order valence-corrected chi connectivity index (χ1v) is 12.8. The third-order valence-electron chi connectivity index (χ3n) is 6.82. The van der Waals surface area contributed by atoms with Gasteiger partial charge in [0.1, 0.15) is 5.60 Å². The molecule has 1 saturated carbocycles. The summed E-state index contributed by atoms with van der Waals surface area (Å²) in [4.78, 5) is 30.6. The maximum absolute atomic E-state index is 14.0. The fraction of sp³-hybridized carbons (Fsp3) is 0.920. The van der Waals surface area contributed by atoms with E-state index >= 15 is 0 Å². The topological polar surface area (TPSA) is 77.5 Å². The van der Waals surface area contributed by atoms with Gasteiger partial charge in [-0.1, -0.05) is 0 Å². The van der Waals surface area contributed by atoms with Gasteiger partial charge in [0.25, 0.3) is 5.85 Å². The molecule has 1 unspecified atom stereocenters. The average Bonchev–Trinajstić information content (AvgIpc) is 3.28. The predicted molar refractivity (Wildman–Crippen MR) is 124 cm³/mol. The van der Waals surface area contributed by atoms with Crippen LogP contribution in [0.2, 0.25) is 0 Å². The lowest BCUT2D eigenvalue weighted by Gasteiger charge is -2.53. The van der Waals surface area contributed by atoms with E-state index in [1.807, 2.05) is 34.6 Å². The Morgan fingerprint density at radius 1 is 1.03 bits per heavy atom. The Morgan fingerprint density at radius 2 is 1.67 bits per heavy atom. The third-order valence-corrected chi connectivity index (χ3v) is 6.82. The standard InChI is InChI=1S/C25H44N2O6/c1-7-30-22(28)20-10-12-21(13-11-20)32-25(26-14-8-9-15-26,23(29)33-24(4,5)6)27-16-19(3)31-17-18(27)2/h18-21H,7-17H2,1-6H3/t18-,19-,20-,21-,25?/m0/s1. The van der Waals surface area contributed by atoms with Gasteiger partial charge < -0.3 is 18.9 Å². The van der Waals surface area contributed by atoms with Crippen LogP contribution in [0.5, 0.6) is 0 Å². The van der Waals surface area contributed by atoms with Crippen molar-refractivity contribution >= 4 is 11.9 Å². The average molecular weight is 469 g/mol. The first-order valence-electron chi connectivity index (χ1n) is 12.8. The number of likely N-dealkylation sites (tertiary alicyclic amines) is 1. The largest absolute Gasteiger partial charge is 0.466 e. The van der Waals surface area contributed by atoms with E-state index in [4.69, 9.17) is 18.9 Å². The predicted octanol–water partition coefficient (Wildman–Crippen LogP) is 3.33. The van der Waals surface area contributed by atoms with E-state index < -0.39 is 11.4 Å². The minimum atomic E-state index is -1.29. The molecule has 33 heavy (non-hydrogen) atoms. The van der Waals surface area contributed by atoms with Crippen LogP contribution in [0.3, 0.4) is 0 Å². The molecule has 0 aromatic rings. The highest BCUT2D eigenvalue weighted by Gasteiger charge is 2.57. The van der Waals surface area contributed by atoms with Gasteiger partial charge in [-0.2, -0.15) is 0 Å². The fourth-order valence-corrected chi connectivity index (χ4v) is 5.22. The van der Waals surface area contributed by atoms with E-state index in [-0.39, 0.29) is 36.1 Å². The van der Waals surface area contributed by atoms with Crippen molar-refractivity contribution in [2.45, 2.75) is 110 Å². The molecule has 3 rings (SSSR count). The van der Waals surface area contributed by atoms with Gasteiger partial charge in [0, 0.05) is 25.7 Å². The number of nitrogens with zero attached hydrogens (tertiary/aromatic N) is 2. The van der Waals surface area contributed by atoms with Crippen LogP contribution in [0.1, 0.15) is 80.1 Å². The molecule has 3 fully saturated rings. The zero-order valence-corrected chi connectivity index (χ0v) is 21.4. The molecule has 190 valence electrons. The Balaban J connectivity index is 1.90. The number of ether oxygens (including phenoxy) is 4. The second-order valence-corrected chi connectivity index (χ2v) is 10.8. The van der Waals surface area contributed by atoms with Gasteiger partial charge in [0.05, 0.1) is 31.3 Å². The summed E-state index contributed by atoms with van der Waals surface area (Å²) < 4.78 is 24.0. The Hall–Kier alpha value is -1.22. The summed E-state index contributed by atoms with van der Waals surface area (Å²) in [5.74, 6) is -1.84. The fourth-order valence-electron chi connectivity index (χ4n) is 5.22. The molecule has 2 saturated heterocycles. The summed E-state index contributed by atoms with van der Waals surface area (Å²) in [6, 6.07) is 0.00480. The summed E-state index contributed by atoms with van der Waals surface area (Å²) in [5, 5.41) is 0. The number of hydrogen-bond donors (Lipinski definition) is 0. The lowest BCUT2D eigenvalue weighted by atomic mass is 9.87. The molecular weight excluding hydrogens is 424 g/mol. The van der Waals surface area contributed by atoms with Gasteiger partial charge in [0.2, 0.25) is 0 Å². The molecule has 2 aliphatic heterocycles. The maximum Gasteiger partial charge on any atom is 0.371 e. The van der Waals surface area contributed by atoms with Crippen LogP contribution in [-0.4, -0.2) is 84.3 Å². The summed E-state index contributed by atoms with van der Waals surface area (Å²) in [6.45, 7) is 14.8. The van der Waals surface area contributed by atoms with Gasteiger partial charge in [-0.25, -0.2) is 9.69 Å². The molecule has 3 atom stereocenters. The molecule has 2 heterocycles. The lowest BCUT2D eigenvalue weighted by molar-refractivity contribution is -0.297. The van der Waals surface area contributed by atoms with Gasteiger partial charge in [-0.15, -0.1) is 0 Å². The van der Waals surface area contributed by atoms with E-state index in [2.05, 4.69) is 16.7 Å². The van der Waals surface area contributed by atoms with E-state index in [0.29, 0.717) is 32.6 Å². The van der Waals surface area contributed by atoms with Crippen molar-refractivity contribution in [1.29, 1.82) is 0 Å². The molecule has 0 N–H and O–H groups in total. The molecule has 0 spiro atoms. The van der Waals surface area contributed by atoms with E-state index in [0.717, 1.165) is 38.8 Å². The minimum absolute atomic E-state index is 0.00480. The zero-order chi connectivity index (χ0) is 24.2. The van der Waals surface area contributed by atoms with Crippen molar-refractivity contribution in [3.05, 3.63) is 0 Å². The molecule has 3 aliphatic rings. The second-order valence-electron chi connectivity index (χ2n) is 10.8. The van der Waals surface area contributed by atoms with Crippen LogP contribution < -0.4 is 0 Å². The third kappa shape index (κ3) is 6.27. The Morgan fingerprint density at radius 3 is 2.24 bits per heavy atom. The normalized spacial score (nSPS) is 31.7. The number of morpholine rings is 1. The van der Waals surface area contributed by atoms with Crippen LogP contribution in [0.25, 0.3) is 0 Å². The number of carbonyl (C=O) groups is 2. The summed E-state index contributed by atoms with van der Waals surface area (Å²) >= 11 is 0. The smallest absolute Gasteiger partial charge is 0.371 e. The molecule has 1 aliphatic carbocycles. The molecule has 0 amide bonds. The van der Waals surface area contributed by atoms with Gasteiger partial charge in [0.15, 0.2) is 0 Å². The van der Waals surface area contributed by atoms with Crippen molar-refractivity contribution in [2.24, 2.45) is 5.92 Å². The van der Waals surface area contributed by atoms with Crippen LogP contribution in [-0.2, 0) is 28.5 Å². The van der Waals surface area contributed by atoms with Crippen molar-refractivity contribution in [3.63, 3.8) is 0 Å². The van der Waals surface area contributed by atoms with Crippen LogP contribution in [0.15, 0.2) is 0 Å². The molecule has 8 heteroatoms. The molecular formula is C25H44N2O6. The second kappa shape index (κ2) is 11.0. The monoisotopic (exact) mass is 468 g/mol. The number of carbonyl (C=O) groups excluding carboxylic acids is 2. The summed E-state index contributed by atoms with van der Waals surface area (Å²) in [5.41, 5.74) is -0.631. The number of rotatable bonds is 7. The first-order chi connectivity index (χ1) is 15.6. The quantitative estimate of drug-likeness (QED) is 0.527. The SMILES string of the molecule is CCOC(=O)[C@H]1CC[C@H](OC(C(=O)OC(C)(C)C)(N2CCCC2)N2C[C@H](C)OC[C@@H]2C)CC1. The van der Waals surface area contributed by atoms with Crippen LogP contribution in [0.4, 0.5) is 0 Å². The number of esters is 2. The summed E-state index contributed by atoms with van der Waals surface area (Å²) in [7, 11) is 0. The zero-order valence-electron chi connectivity index (χ0n) is 21.4. The highest BCUT2D eigenvalue weighted by molar-refractivity contribution is 5.79. The minimum Gasteiger partial charge on any atom is -0.466 e. The van der Waals surface area contributed by atoms with Crippen molar-refractivity contribution in [3.8, 4) is 0 Å². The Kier molecular flexibility index (Phi) is 8.81. The lowest BCUT2D eigenvalue weighted by Crippen LogP contribution is -2.73. The van der Waals surface area contributed by atoms with E-state index in [9.17, 15) is 9.59 Å². The molecule has 0 aromatic heterocycles. The van der Waals surface area contributed by atoms with Crippen molar-refractivity contribution in [2.75, 3.05) is 32.8 Å². The van der Waals surface area contributed by atoms with Gasteiger partial charge >= 0.3 is 11.9 Å².